The summed E-state index contributed by atoms with van der Waals surface area (Å²) in [5.41, 5.74) is 2.83. The van der Waals surface area contributed by atoms with E-state index in [4.69, 9.17) is 16.3 Å². The maximum atomic E-state index is 14.0. The van der Waals surface area contributed by atoms with Gasteiger partial charge in [-0.1, -0.05) is 24.6 Å². The predicted octanol–water partition coefficient (Wildman–Crippen LogP) is 5.48. The Kier molecular flexibility index (Phi) is 9.41. The fourth-order valence-electron chi connectivity index (χ4n) is 4.99. The molecule has 8 nitrogen and oxygen atoms in total. The fraction of sp³-hybridized carbons (Fsp3) is 0.400. The van der Waals surface area contributed by atoms with Crippen molar-refractivity contribution in [2.24, 2.45) is 0 Å². The van der Waals surface area contributed by atoms with Crippen LogP contribution in [0.15, 0.2) is 41.5 Å². The van der Waals surface area contributed by atoms with Gasteiger partial charge in [0.15, 0.2) is 0 Å². The largest absolute Gasteiger partial charge is 0.492 e. The molecule has 1 amide bonds. The Morgan fingerprint density at radius 1 is 1.17 bits per heavy atom. The third-order valence-electron chi connectivity index (χ3n) is 7.46. The number of alkyl halides is 2. The second kappa shape index (κ2) is 12.8. The summed E-state index contributed by atoms with van der Waals surface area (Å²) in [7, 11) is 1.99. The van der Waals surface area contributed by atoms with Gasteiger partial charge in [-0.2, -0.15) is 14.0 Å². The highest BCUT2D eigenvalue weighted by Gasteiger charge is 2.32. The van der Waals surface area contributed by atoms with Crippen LogP contribution in [0.5, 0.6) is 5.75 Å². The SMILES string of the molecule is CCOc1cc([C@H](C)N2CCc3c(cc(CCN(C)CC)cc3-c3cn(C(F)F)c(=O)cc3Cl)C2=O)ncc1C#N. The smallest absolute Gasteiger partial charge is 0.321 e. The Bertz CT molecular complexity index is 1550. The number of benzene rings is 1. The Balaban J connectivity index is 1.80. The number of hydrogen-bond donors (Lipinski definition) is 0. The molecule has 0 bridgehead atoms. The van der Waals surface area contributed by atoms with E-state index < -0.39 is 18.2 Å². The summed E-state index contributed by atoms with van der Waals surface area (Å²) in [5.74, 6) is 0.179. The number of carbonyl (C=O) groups excluding carboxylic acids is 1. The molecule has 0 aliphatic carbocycles. The Hall–Kier alpha value is -3.81. The zero-order valence-electron chi connectivity index (χ0n) is 23.5. The van der Waals surface area contributed by atoms with Gasteiger partial charge in [-0.15, -0.1) is 0 Å². The minimum atomic E-state index is -3.03. The van der Waals surface area contributed by atoms with Gasteiger partial charge in [0.25, 0.3) is 11.5 Å². The molecule has 0 N–H and O–H groups in total. The van der Waals surface area contributed by atoms with Crippen molar-refractivity contribution < 1.29 is 18.3 Å². The van der Waals surface area contributed by atoms with Crippen LogP contribution in [-0.2, 0) is 12.8 Å². The highest BCUT2D eigenvalue weighted by atomic mass is 35.5. The first-order chi connectivity index (χ1) is 19.6. The third-order valence-corrected chi connectivity index (χ3v) is 7.77. The lowest BCUT2D eigenvalue weighted by Crippen LogP contribution is -2.40. The summed E-state index contributed by atoms with van der Waals surface area (Å²) >= 11 is 6.44. The van der Waals surface area contributed by atoms with Gasteiger partial charge in [0, 0.05) is 48.7 Å². The van der Waals surface area contributed by atoms with Crippen LogP contribution in [0.25, 0.3) is 11.1 Å². The summed E-state index contributed by atoms with van der Waals surface area (Å²) in [4.78, 5) is 34.4. The highest BCUT2D eigenvalue weighted by Crippen LogP contribution is 2.38. The zero-order chi connectivity index (χ0) is 29.8. The number of fused-ring (bicyclic) bond motifs is 1. The molecule has 1 atom stereocenters. The molecule has 216 valence electrons. The number of ether oxygens (including phenoxy) is 1. The first-order valence-electron chi connectivity index (χ1n) is 13.5. The molecule has 1 aliphatic heterocycles. The van der Waals surface area contributed by atoms with Gasteiger partial charge in [0.2, 0.25) is 0 Å². The zero-order valence-corrected chi connectivity index (χ0v) is 24.2. The number of nitriles is 1. The number of aromatic nitrogens is 2. The molecule has 2 aromatic heterocycles. The molecule has 0 saturated heterocycles. The normalized spacial score (nSPS) is 13.9. The van der Waals surface area contributed by atoms with Crippen LogP contribution in [0, 0.1) is 11.3 Å². The van der Waals surface area contributed by atoms with Crippen LogP contribution >= 0.6 is 11.6 Å². The van der Waals surface area contributed by atoms with Gasteiger partial charge in [-0.3, -0.25) is 19.1 Å². The number of halogens is 3. The maximum Gasteiger partial charge on any atom is 0.321 e. The first kappa shape index (κ1) is 30.2. The van der Waals surface area contributed by atoms with E-state index in [0.29, 0.717) is 64.3 Å². The van der Waals surface area contributed by atoms with Crippen LogP contribution < -0.4 is 10.3 Å². The van der Waals surface area contributed by atoms with Crippen LogP contribution in [-0.4, -0.2) is 58.5 Å². The number of carbonyl (C=O) groups is 1. The predicted molar refractivity (Wildman–Crippen MR) is 153 cm³/mol. The second-order valence-corrected chi connectivity index (χ2v) is 10.4. The topological polar surface area (TPSA) is 91.5 Å². The van der Waals surface area contributed by atoms with E-state index in [1.807, 2.05) is 40.0 Å². The van der Waals surface area contributed by atoms with Crippen molar-refractivity contribution in [3.8, 4) is 22.9 Å². The average Bonchev–Trinajstić information content (AvgIpc) is 2.95. The van der Waals surface area contributed by atoms with Crippen LogP contribution in [0.3, 0.4) is 0 Å². The van der Waals surface area contributed by atoms with Crippen molar-refractivity contribution in [2.75, 3.05) is 33.3 Å². The standard InChI is InChI=1S/C30H32ClF2N5O3/c1-5-36(4)9-7-19-11-22(24-17-38(30(32)33)28(39)13-25(24)31)21-8-10-37(29(40)23(21)12-19)18(3)26-14-27(41-6-2)20(15-34)16-35-26/h11-14,16-18,30H,5-10H2,1-4H3/t18-/m0/s1. The van der Waals surface area contributed by atoms with Gasteiger partial charge in [-0.05, 0) is 63.0 Å². The van der Waals surface area contributed by atoms with E-state index in [-0.39, 0.29) is 16.5 Å². The minimum Gasteiger partial charge on any atom is -0.492 e. The van der Waals surface area contributed by atoms with Gasteiger partial charge >= 0.3 is 6.55 Å². The second-order valence-electron chi connectivity index (χ2n) is 9.95. The average molecular weight is 584 g/mol. The lowest BCUT2D eigenvalue weighted by molar-refractivity contribution is 0.0658. The number of likely N-dealkylation sites (N-methyl/N-ethyl adjacent to an activating group) is 1. The van der Waals surface area contributed by atoms with Gasteiger partial charge in [0.1, 0.15) is 17.4 Å². The van der Waals surface area contributed by atoms with Gasteiger partial charge in [0.05, 0.1) is 23.4 Å². The van der Waals surface area contributed by atoms with E-state index in [9.17, 15) is 23.6 Å². The van der Waals surface area contributed by atoms with Crippen LogP contribution in [0.2, 0.25) is 5.02 Å². The molecular weight excluding hydrogens is 552 g/mol. The van der Waals surface area contributed by atoms with Crippen LogP contribution in [0.1, 0.15) is 66.1 Å². The molecule has 0 fully saturated rings. The number of rotatable bonds is 10. The number of pyridine rings is 2. The third kappa shape index (κ3) is 6.26. The molecule has 3 heterocycles. The van der Waals surface area contributed by atoms with Crippen molar-refractivity contribution in [1.29, 1.82) is 5.26 Å². The first-order valence-corrected chi connectivity index (χ1v) is 13.9. The van der Waals surface area contributed by atoms with E-state index in [0.717, 1.165) is 30.9 Å². The molecule has 0 unspecified atom stereocenters. The monoisotopic (exact) mass is 583 g/mol. The summed E-state index contributed by atoms with van der Waals surface area (Å²) in [6.45, 7) is 4.99. The molecule has 4 rings (SSSR count). The van der Waals surface area contributed by atoms with Crippen LogP contribution in [0.4, 0.5) is 8.78 Å². The molecule has 0 radical (unpaired) electrons. The molecular formula is C30H32ClF2N5O3. The van der Waals surface area contributed by atoms with E-state index in [1.165, 1.54) is 6.20 Å². The lowest BCUT2D eigenvalue weighted by atomic mass is 9.87. The Morgan fingerprint density at radius 3 is 2.56 bits per heavy atom. The molecule has 1 aromatic carbocycles. The minimum absolute atomic E-state index is 0.0467. The van der Waals surface area contributed by atoms with Gasteiger partial charge < -0.3 is 14.5 Å². The van der Waals surface area contributed by atoms with Crippen molar-refractivity contribution in [2.45, 2.75) is 46.2 Å². The summed E-state index contributed by atoms with van der Waals surface area (Å²) in [6, 6.07) is 8.05. The van der Waals surface area contributed by atoms with Gasteiger partial charge in [-0.25, -0.2) is 0 Å². The van der Waals surface area contributed by atoms with E-state index in [2.05, 4.69) is 16.0 Å². The molecule has 3 aromatic rings. The summed E-state index contributed by atoms with van der Waals surface area (Å²) < 4.78 is 33.2. The van der Waals surface area contributed by atoms with E-state index >= 15 is 0 Å². The summed E-state index contributed by atoms with van der Waals surface area (Å²) in [5, 5.41) is 9.44. The molecule has 41 heavy (non-hydrogen) atoms. The number of amides is 1. The molecule has 1 aliphatic rings. The molecule has 0 spiro atoms. The number of nitrogens with zero attached hydrogens (tertiary/aromatic N) is 5. The molecule has 11 heteroatoms. The molecule has 0 saturated carbocycles. The van der Waals surface area contributed by atoms with Crippen molar-refractivity contribution in [3.05, 3.63) is 80.0 Å². The lowest BCUT2D eigenvalue weighted by Gasteiger charge is -2.35. The number of hydrogen-bond acceptors (Lipinski definition) is 6. The maximum absolute atomic E-state index is 14.0. The summed E-state index contributed by atoms with van der Waals surface area (Å²) in [6.07, 6.45) is 3.57. The fourth-order valence-corrected chi connectivity index (χ4v) is 5.23. The Morgan fingerprint density at radius 2 is 1.90 bits per heavy atom. The van der Waals surface area contributed by atoms with Crippen molar-refractivity contribution in [3.63, 3.8) is 0 Å². The van der Waals surface area contributed by atoms with E-state index in [1.54, 1.807) is 11.0 Å². The van der Waals surface area contributed by atoms with Crippen molar-refractivity contribution in [1.82, 2.24) is 19.4 Å². The quantitative estimate of drug-likeness (QED) is 0.314. The Labute approximate surface area is 242 Å². The highest BCUT2D eigenvalue weighted by molar-refractivity contribution is 6.33. The van der Waals surface area contributed by atoms with Crippen molar-refractivity contribution >= 4 is 17.5 Å².